The van der Waals surface area contributed by atoms with Gasteiger partial charge >= 0.3 is 6.03 Å². The predicted octanol–water partition coefficient (Wildman–Crippen LogP) is 1.06. The normalized spacial score (nSPS) is 8.89. The van der Waals surface area contributed by atoms with Crippen LogP contribution in [0.2, 0.25) is 0 Å². The number of nitrogens with zero attached hydrogens (tertiary/aromatic N) is 2. The number of hydrogen-bond acceptors (Lipinski definition) is 4. The first-order valence-corrected chi connectivity index (χ1v) is 4.91. The molecule has 0 unspecified atom stereocenters. The van der Waals surface area contributed by atoms with Crippen molar-refractivity contribution in [3.05, 3.63) is 23.8 Å². The summed E-state index contributed by atoms with van der Waals surface area (Å²) in [6.07, 6.45) is 0. The molecule has 0 heterocycles. The highest BCUT2D eigenvalue weighted by Gasteiger charge is 2.05. The SMILES string of the molecule is C=Nc1ccc(NC(=O)NNC(C)=O)cc1C#N. The number of nitrogens with one attached hydrogen (secondary N) is 3. The zero-order valence-electron chi connectivity index (χ0n) is 9.65. The van der Waals surface area contributed by atoms with Crippen LogP contribution in [0.3, 0.4) is 0 Å². The Labute approximate surface area is 103 Å². The fourth-order valence-electron chi connectivity index (χ4n) is 1.15. The van der Waals surface area contributed by atoms with Crippen molar-refractivity contribution in [1.82, 2.24) is 10.9 Å². The molecule has 0 saturated carbocycles. The molecule has 0 aliphatic heterocycles. The van der Waals surface area contributed by atoms with Crippen molar-refractivity contribution in [3.63, 3.8) is 0 Å². The van der Waals surface area contributed by atoms with Crippen LogP contribution in [0, 0.1) is 11.3 Å². The van der Waals surface area contributed by atoms with Crippen molar-refractivity contribution < 1.29 is 9.59 Å². The smallest absolute Gasteiger partial charge is 0.307 e. The second-order valence-electron chi connectivity index (χ2n) is 3.26. The molecule has 1 aromatic carbocycles. The van der Waals surface area contributed by atoms with Gasteiger partial charge in [-0.2, -0.15) is 5.26 Å². The van der Waals surface area contributed by atoms with E-state index in [9.17, 15) is 9.59 Å². The summed E-state index contributed by atoms with van der Waals surface area (Å²) in [5.41, 5.74) is 5.38. The summed E-state index contributed by atoms with van der Waals surface area (Å²) < 4.78 is 0. The first kappa shape index (κ1) is 13.2. The minimum Gasteiger partial charge on any atom is -0.307 e. The van der Waals surface area contributed by atoms with E-state index in [-0.39, 0.29) is 0 Å². The molecule has 0 radical (unpaired) electrons. The van der Waals surface area contributed by atoms with Gasteiger partial charge in [0.15, 0.2) is 0 Å². The lowest BCUT2D eigenvalue weighted by atomic mass is 10.2. The molecule has 3 N–H and O–H groups in total. The van der Waals surface area contributed by atoms with Gasteiger partial charge in [-0.05, 0) is 24.9 Å². The molecular weight excluding hydrogens is 234 g/mol. The van der Waals surface area contributed by atoms with Gasteiger partial charge < -0.3 is 5.32 Å². The summed E-state index contributed by atoms with van der Waals surface area (Å²) in [7, 11) is 0. The van der Waals surface area contributed by atoms with E-state index < -0.39 is 11.9 Å². The standard InChI is InChI=1S/C11H11N5O2/c1-7(17)15-16-11(18)14-9-3-4-10(13-2)8(5-9)6-12/h3-5H,2H2,1H3,(H,15,17)(H2,14,16,18). The maximum atomic E-state index is 11.3. The summed E-state index contributed by atoms with van der Waals surface area (Å²) in [5, 5.41) is 11.3. The topological polar surface area (TPSA) is 106 Å². The minimum absolute atomic E-state index is 0.294. The Bertz CT molecular complexity index is 533. The fraction of sp³-hybridized carbons (Fsp3) is 0.0909. The summed E-state index contributed by atoms with van der Waals surface area (Å²) in [5.74, 6) is -0.394. The maximum absolute atomic E-state index is 11.3. The number of urea groups is 1. The summed E-state index contributed by atoms with van der Waals surface area (Å²) in [6.45, 7) is 4.59. The maximum Gasteiger partial charge on any atom is 0.337 e. The van der Waals surface area contributed by atoms with Crippen LogP contribution in [-0.2, 0) is 4.79 Å². The molecule has 0 fully saturated rings. The van der Waals surface area contributed by atoms with E-state index in [1.807, 2.05) is 6.07 Å². The third-order valence-electron chi connectivity index (χ3n) is 1.90. The lowest BCUT2D eigenvalue weighted by Crippen LogP contribution is -2.42. The molecule has 0 aromatic heterocycles. The molecule has 0 atom stereocenters. The molecule has 92 valence electrons. The molecule has 0 spiro atoms. The Balaban J connectivity index is 2.74. The Morgan fingerprint density at radius 3 is 2.67 bits per heavy atom. The first-order valence-electron chi connectivity index (χ1n) is 4.91. The number of carbonyl (C=O) groups is 2. The number of hydrogen-bond donors (Lipinski definition) is 3. The highest BCUT2D eigenvalue weighted by atomic mass is 16.2. The van der Waals surface area contributed by atoms with Crippen molar-refractivity contribution in [2.45, 2.75) is 6.92 Å². The van der Waals surface area contributed by atoms with Crippen LogP contribution in [0.1, 0.15) is 12.5 Å². The van der Waals surface area contributed by atoms with Crippen molar-refractivity contribution in [1.29, 1.82) is 5.26 Å². The predicted molar refractivity (Wildman–Crippen MR) is 66.3 cm³/mol. The minimum atomic E-state index is -0.617. The molecule has 3 amide bonds. The molecule has 0 aliphatic carbocycles. The lowest BCUT2D eigenvalue weighted by Gasteiger charge is -2.08. The monoisotopic (exact) mass is 245 g/mol. The van der Waals surface area contributed by atoms with Gasteiger partial charge in [-0.3, -0.25) is 15.2 Å². The van der Waals surface area contributed by atoms with Crippen molar-refractivity contribution >= 4 is 30.0 Å². The van der Waals surface area contributed by atoms with E-state index in [4.69, 9.17) is 5.26 Å². The second kappa shape index (κ2) is 6.00. The third-order valence-corrected chi connectivity index (χ3v) is 1.90. The van der Waals surface area contributed by atoms with Crippen LogP contribution < -0.4 is 16.2 Å². The second-order valence-corrected chi connectivity index (χ2v) is 3.26. The number of nitriles is 1. The lowest BCUT2D eigenvalue weighted by molar-refractivity contribution is -0.119. The average molecular weight is 245 g/mol. The molecule has 0 aliphatic rings. The van der Waals surface area contributed by atoms with Crippen molar-refractivity contribution in [2.24, 2.45) is 4.99 Å². The van der Waals surface area contributed by atoms with E-state index in [0.717, 1.165) is 0 Å². The summed E-state index contributed by atoms with van der Waals surface area (Å²) in [6, 6.07) is 5.90. The van der Waals surface area contributed by atoms with Crippen LogP contribution in [0.4, 0.5) is 16.2 Å². The van der Waals surface area contributed by atoms with Crippen LogP contribution >= 0.6 is 0 Å². The van der Waals surface area contributed by atoms with Gasteiger partial charge in [0.1, 0.15) is 6.07 Å². The number of hydrazine groups is 1. The zero-order valence-corrected chi connectivity index (χ0v) is 9.65. The highest BCUT2D eigenvalue weighted by molar-refractivity contribution is 5.91. The molecule has 18 heavy (non-hydrogen) atoms. The van der Waals surface area contributed by atoms with Gasteiger partial charge in [0.25, 0.3) is 0 Å². The van der Waals surface area contributed by atoms with E-state index >= 15 is 0 Å². The van der Waals surface area contributed by atoms with Gasteiger partial charge in [-0.15, -0.1) is 0 Å². The van der Waals surface area contributed by atoms with E-state index in [1.165, 1.54) is 13.0 Å². The zero-order chi connectivity index (χ0) is 13.5. The quantitative estimate of drug-likeness (QED) is 0.535. The molecule has 7 heteroatoms. The molecule has 0 bridgehead atoms. The van der Waals surface area contributed by atoms with E-state index in [0.29, 0.717) is 16.9 Å². The summed E-state index contributed by atoms with van der Waals surface area (Å²) in [4.78, 5) is 25.5. The number of anilines is 1. The largest absolute Gasteiger partial charge is 0.337 e. The number of benzene rings is 1. The van der Waals surface area contributed by atoms with E-state index in [1.54, 1.807) is 12.1 Å². The first-order chi connectivity index (χ1) is 8.56. The Morgan fingerprint density at radius 2 is 2.11 bits per heavy atom. The molecule has 1 aromatic rings. The van der Waals surface area contributed by atoms with Crippen LogP contribution in [-0.4, -0.2) is 18.7 Å². The van der Waals surface area contributed by atoms with Gasteiger partial charge in [0.2, 0.25) is 5.91 Å². The Kier molecular flexibility index (Phi) is 4.40. The van der Waals surface area contributed by atoms with Crippen LogP contribution in [0.15, 0.2) is 23.2 Å². The van der Waals surface area contributed by atoms with Gasteiger partial charge in [-0.25, -0.2) is 10.2 Å². The van der Waals surface area contributed by atoms with Crippen LogP contribution in [0.25, 0.3) is 0 Å². The highest BCUT2D eigenvalue weighted by Crippen LogP contribution is 2.21. The third kappa shape index (κ3) is 3.61. The van der Waals surface area contributed by atoms with Gasteiger partial charge in [-0.1, -0.05) is 0 Å². The van der Waals surface area contributed by atoms with Gasteiger partial charge in [0.05, 0.1) is 11.3 Å². The number of amides is 3. The molecule has 1 rings (SSSR count). The average Bonchev–Trinajstić information content (AvgIpc) is 2.36. The molecular formula is C11H11N5O2. The summed E-state index contributed by atoms with van der Waals surface area (Å²) >= 11 is 0. The Hall–Kier alpha value is -2.88. The molecule has 7 nitrogen and oxygen atoms in total. The number of aliphatic imine (C=N–C) groups is 1. The number of rotatable bonds is 2. The molecule has 0 saturated heterocycles. The van der Waals surface area contributed by atoms with Crippen molar-refractivity contribution in [2.75, 3.05) is 5.32 Å². The van der Waals surface area contributed by atoms with Crippen molar-refractivity contribution in [3.8, 4) is 6.07 Å². The Morgan fingerprint density at radius 1 is 1.39 bits per heavy atom. The van der Waals surface area contributed by atoms with E-state index in [2.05, 4.69) is 27.9 Å². The fourth-order valence-corrected chi connectivity index (χ4v) is 1.15. The van der Waals surface area contributed by atoms with Crippen LogP contribution in [0.5, 0.6) is 0 Å². The number of carbonyl (C=O) groups excluding carboxylic acids is 2. The van der Waals surface area contributed by atoms with Gasteiger partial charge in [0, 0.05) is 12.6 Å².